The number of rotatable bonds is 4. The maximum absolute atomic E-state index is 12.6. The largest absolute Gasteiger partial charge is 0.493 e. The van der Waals surface area contributed by atoms with Crippen molar-refractivity contribution in [3.8, 4) is 11.5 Å². The van der Waals surface area contributed by atoms with Gasteiger partial charge >= 0.3 is 0 Å². The van der Waals surface area contributed by atoms with Crippen molar-refractivity contribution in [1.82, 2.24) is 4.98 Å². The lowest BCUT2D eigenvalue weighted by molar-refractivity contribution is 0.102. The minimum absolute atomic E-state index is 0.166. The Balaban J connectivity index is 1.95. The van der Waals surface area contributed by atoms with E-state index in [1.54, 1.807) is 37.4 Å². The number of benzene rings is 2. The van der Waals surface area contributed by atoms with Gasteiger partial charge in [0, 0.05) is 22.7 Å². The van der Waals surface area contributed by atoms with Gasteiger partial charge in [-0.2, -0.15) is 0 Å². The number of nitrogens with one attached hydrogen (secondary N) is 2. The quantitative estimate of drug-likeness (QED) is 0.714. The fraction of sp³-hybridized carbons (Fsp3) is 0.273. The van der Waals surface area contributed by atoms with Gasteiger partial charge in [-0.3, -0.25) is 9.59 Å². The first-order valence-electron chi connectivity index (χ1n) is 8.94. The second-order valence-corrected chi connectivity index (χ2v) is 7.58. The van der Waals surface area contributed by atoms with E-state index in [0.29, 0.717) is 28.3 Å². The third kappa shape index (κ3) is 3.86. The zero-order valence-corrected chi connectivity index (χ0v) is 16.7. The highest BCUT2D eigenvalue weighted by Crippen LogP contribution is 2.30. The smallest absolute Gasteiger partial charge is 0.255 e. The molecule has 2 aromatic carbocycles. The van der Waals surface area contributed by atoms with E-state index >= 15 is 0 Å². The van der Waals surface area contributed by atoms with Gasteiger partial charge in [-0.05, 0) is 41.3 Å². The number of ether oxygens (including phenoxy) is 2. The highest BCUT2D eigenvalue weighted by atomic mass is 16.5. The molecule has 0 aliphatic carbocycles. The molecule has 0 aliphatic rings. The summed E-state index contributed by atoms with van der Waals surface area (Å²) in [7, 11) is 3.06. The van der Waals surface area contributed by atoms with Gasteiger partial charge in [0.05, 0.1) is 19.7 Å². The van der Waals surface area contributed by atoms with Gasteiger partial charge in [0.25, 0.3) is 5.91 Å². The molecule has 0 unspecified atom stereocenters. The normalized spacial score (nSPS) is 11.3. The third-order valence-corrected chi connectivity index (χ3v) is 4.55. The molecule has 146 valence electrons. The van der Waals surface area contributed by atoms with Crippen LogP contribution in [0, 0.1) is 0 Å². The Hall–Kier alpha value is -3.28. The molecule has 0 saturated heterocycles. The Labute approximate surface area is 163 Å². The molecule has 1 aromatic heterocycles. The van der Waals surface area contributed by atoms with Crippen LogP contribution >= 0.6 is 0 Å². The molecule has 1 amide bonds. The number of carbonyl (C=O) groups excluding carboxylic acids is 1. The summed E-state index contributed by atoms with van der Waals surface area (Å²) in [5.41, 5.74) is 2.34. The van der Waals surface area contributed by atoms with E-state index in [1.807, 2.05) is 12.1 Å². The lowest BCUT2D eigenvalue weighted by Gasteiger charge is -2.21. The maximum Gasteiger partial charge on any atom is 0.255 e. The number of pyridine rings is 1. The lowest BCUT2D eigenvalue weighted by Crippen LogP contribution is -2.17. The molecule has 0 saturated carbocycles. The van der Waals surface area contributed by atoms with Gasteiger partial charge in [0.1, 0.15) is 0 Å². The van der Waals surface area contributed by atoms with Gasteiger partial charge in [0.15, 0.2) is 11.5 Å². The zero-order chi connectivity index (χ0) is 20.5. The predicted octanol–water partition coefficient (Wildman–Crippen LogP) is 4.10. The van der Waals surface area contributed by atoms with Crippen molar-refractivity contribution in [3.63, 3.8) is 0 Å². The fourth-order valence-electron chi connectivity index (χ4n) is 3.14. The summed E-state index contributed by atoms with van der Waals surface area (Å²) < 4.78 is 10.4. The van der Waals surface area contributed by atoms with Crippen molar-refractivity contribution < 1.29 is 14.3 Å². The summed E-state index contributed by atoms with van der Waals surface area (Å²) in [6.07, 6.45) is 0. The molecule has 28 heavy (non-hydrogen) atoms. The van der Waals surface area contributed by atoms with E-state index in [-0.39, 0.29) is 16.9 Å². The average Bonchev–Trinajstić information content (AvgIpc) is 2.65. The Morgan fingerprint density at radius 1 is 0.964 bits per heavy atom. The van der Waals surface area contributed by atoms with Crippen LogP contribution in [-0.4, -0.2) is 25.1 Å². The number of fused-ring (bicyclic) bond motifs is 1. The molecule has 6 nitrogen and oxygen atoms in total. The summed E-state index contributed by atoms with van der Waals surface area (Å²) in [5.74, 6) is 0.750. The SMILES string of the molecule is COc1ccc(C(=O)Nc2ccc3c(C(C)(C)C)cc(=O)[nH]c3c2)cc1OC. The number of hydrogen-bond acceptors (Lipinski definition) is 4. The van der Waals surface area contributed by atoms with Crippen molar-refractivity contribution in [3.05, 3.63) is 63.9 Å². The van der Waals surface area contributed by atoms with Crippen LogP contribution in [0.4, 0.5) is 5.69 Å². The van der Waals surface area contributed by atoms with Crippen molar-refractivity contribution >= 4 is 22.5 Å². The van der Waals surface area contributed by atoms with Crippen molar-refractivity contribution in [1.29, 1.82) is 0 Å². The molecule has 3 aromatic rings. The molecule has 0 atom stereocenters. The summed E-state index contributed by atoms with van der Waals surface area (Å²) >= 11 is 0. The van der Waals surface area contributed by atoms with Gasteiger partial charge in [-0.1, -0.05) is 26.8 Å². The number of aromatic amines is 1. The summed E-state index contributed by atoms with van der Waals surface area (Å²) in [6.45, 7) is 6.19. The van der Waals surface area contributed by atoms with Crippen molar-refractivity contribution in [2.24, 2.45) is 0 Å². The van der Waals surface area contributed by atoms with Gasteiger partial charge in [-0.25, -0.2) is 0 Å². The molecule has 3 rings (SSSR count). The Morgan fingerprint density at radius 3 is 2.32 bits per heavy atom. The number of hydrogen-bond donors (Lipinski definition) is 2. The first kappa shape index (κ1) is 19.5. The van der Waals surface area contributed by atoms with E-state index < -0.39 is 0 Å². The van der Waals surface area contributed by atoms with E-state index in [1.165, 1.54) is 7.11 Å². The number of anilines is 1. The number of H-pyrrole nitrogens is 1. The molecule has 1 heterocycles. The van der Waals surface area contributed by atoms with Crippen LogP contribution in [0.2, 0.25) is 0 Å². The van der Waals surface area contributed by atoms with E-state index in [9.17, 15) is 9.59 Å². The van der Waals surface area contributed by atoms with Gasteiger partial charge < -0.3 is 19.8 Å². The van der Waals surface area contributed by atoms with Crippen LogP contribution in [0.5, 0.6) is 11.5 Å². The maximum atomic E-state index is 12.6. The number of methoxy groups -OCH3 is 2. The van der Waals surface area contributed by atoms with Crippen LogP contribution in [0.25, 0.3) is 10.9 Å². The third-order valence-electron chi connectivity index (χ3n) is 4.55. The van der Waals surface area contributed by atoms with E-state index in [0.717, 1.165) is 10.9 Å². The van der Waals surface area contributed by atoms with Crippen LogP contribution in [0.1, 0.15) is 36.7 Å². The highest BCUT2D eigenvalue weighted by Gasteiger charge is 2.18. The topological polar surface area (TPSA) is 80.4 Å². The van der Waals surface area contributed by atoms with Gasteiger partial charge in [0.2, 0.25) is 5.56 Å². The second-order valence-electron chi connectivity index (χ2n) is 7.58. The Kier molecular flexibility index (Phi) is 5.14. The lowest BCUT2D eigenvalue weighted by atomic mass is 9.85. The molecule has 0 spiro atoms. The molecule has 0 radical (unpaired) electrons. The van der Waals surface area contributed by atoms with E-state index in [2.05, 4.69) is 31.1 Å². The first-order chi connectivity index (χ1) is 13.2. The molecule has 2 N–H and O–H groups in total. The standard InChI is InChI=1S/C22H24N2O4/c1-22(2,3)16-12-20(25)24-17-11-14(7-8-15(16)17)23-21(26)13-6-9-18(27-4)19(10-13)28-5/h6-12H,1-5H3,(H,23,26)(H,24,25). The van der Waals surface area contributed by atoms with Gasteiger partial charge in [-0.15, -0.1) is 0 Å². The predicted molar refractivity (Wildman–Crippen MR) is 111 cm³/mol. The fourth-order valence-corrected chi connectivity index (χ4v) is 3.14. The highest BCUT2D eigenvalue weighted by molar-refractivity contribution is 6.05. The molecule has 6 heteroatoms. The molecular weight excluding hydrogens is 356 g/mol. The molecule has 0 aliphatic heterocycles. The van der Waals surface area contributed by atoms with Crippen LogP contribution in [-0.2, 0) is 5.41 Å². The Morgan fingerprint density at radius 2 is 1.68 bits per heavy atom. The van der Waals surface area contributed by atoms with Crippen LogP contribution in [0.3, 0.4) is 0 Å². The zero-order valence-electron chi connectivity index (χ0n) is 16.7. The number of amides is 1. The van der Waals surface area contributed by atoms with Crippen LogP contribution in [0.15, 0.2) is 47.3 Å². The van der Waals surface area contributed by atoms with Crippen molar-refractivity contribution in [2.45, 2.75) is 26.2 Å². The van der Waals surface area contributed by atoms with E-state index in [4.69, 9.17) is 9.47 Å². The second kappa shape index (κ2) is 7.38. The first-order valence-corrected chi connectivity index (χ1v) is 8.94. The molecule has 0 fully saturated rings. The summed E-state index contributed by atoms with van der Waals surface area (Å²) in [5, 5.41) is 3.81. The minimum Gasteiger partial charge on any atom is -0.493 e. The monoisotopic (exact) mass is 380 g/mol. The van der Waals surface area contributed by atoms with Crippen LogP contribution < -0.4 is 20.3 Å². The summed E-state index contributed by atoms with van der Waals surface area (Å²) in [6, 6.07) is 12.1. The average molecular weight is 380 g/mol. The summed E-state index contributed by atoms with van der Waals surface area (Å²) in [4.78, 5) is 27.5. The number of aromatic nitrogens is 1. The number of carbonyl (C=O) groups is 1. The molecule has 0 bridgehead atoms. The Bertz CT molecular complexity index is 1090. The minimum atomic E-state index is -0.283. The van der Waals surface area contributed by atoms with Crippen molar-refractivity contribution in [2.75, 3.05) is 19.5 Å². The molecular formula is C22H24N2O4.